The van der Waals surface area contributed by atoms with E-state index in [1.54, 1.807) is 18.2 Å². The predicted octanol–water partition coefficient (Wildman–Crippen LogP) is 2.80. The largest absolute Gasteiger partial charge is 0.496 e. The number of barbiturate groups is 1. The average Bonchev–Trinajstić information content (AvgIpc) is 3.23. The number of nitrogens with zero attached hydrogens (tertiary/aromatic N) is 2. The van der Waals surface area contributed by atoms with Gasteiger partial charge in [0.1, 0.15) is 17.1 Å². The van der Waals surface area contributed by atoms with Crippen molar-refractivity contribution in [1.29, 1.82) is 0 Å². The maximum absolute atomic E-state index is 12.8. The van der Waals surface area contributed by atoms with E-state index in [1.165, 1.54) is 19.4 Å². The second-order valence-electron chi connectivity index (χ2n) is 6.39. The van der Waals surface area contributed by atoms with Crippen molar-refractivity contribution < 1.29 is 23.5 Å². The molecule has 1 aliphatic heterocycles. The van der Waals surface area contributed by atoms with Gasteiger partial charge in [0, 0.05) is 30.4 Å². The standard InChI is InChI=1S/C21H23N3O5/c1-4-23(5-2)15-9-8-14(18(12-15)28-3)11-17-19(25)22-21(27)24(20(17)26)13-16-7-6-10-29-16/h6-12H,4-5,13H2,1-3H3,(H,22,25,27). The van der Waals surface area contributed by atoms with Gasteiger partial charge in [-0.3, -0.25) is 19.8 Å². The lowest BCUT2D eigenvalue weighted by atomic mass is 10.1. The third-order valence-electron chi connectivity index (χ3n) is 4.73. The van der Waals surface area contributed by atoms with E-state index < -0.39 is 17.8 Å². The fraction of sp³-hybridized carbons (Fsp3) is 0.286. The normalized spacial score (nSPS) is 15.6. The number of hydrogen-bond acceptors (Lipinski definition) is 6. The highest BCUT2D eigenvalue weighted by molar-refractivity contribution is 6.31. The Bertz CT molecular complexity index is 945. The lowest BCUT2D eigenvalue weighted by Gasteiger charge is -2.26. The Balaban J connectivity index is 1.94. The fourth-order valence-corrected chi connectivity index (χ4v) is 3.16. The molecule has 1 fully saturated rings. The van der Waals surface area contributed by atoms with E-state index in [1.807, 2.05) is 12.1 Å². The van der Waals surface area contributed by atoms with Gasteiger partial charge in [-0.15, -0.1) is 0 Å². The van der Waals surface area contributed by atoms with Crippen molar-refractivity contribution in [1.82, 2.24) is 10.2 Å². The summed E-state index contributed by atoms with van der Waals surface area (Å²) in [5.41, 5.74) is 1.39. The van der Waals surface area contributed by atoms with Crippen LogP contribution in [-0.4, -0.2) is 42.9 Å². The van der Waals surface area contributed by atoms with Crippen molar-refractivity contribution in [2.45, 2.75) is 20.4 Å². The zero-order chi connectivity index (χ0) is 21.0. The van der Waals surface area contributed by atoms with E-state index in [4.69, 9.17) is 9.15 Å². The van der Waals surface area contributed by atoms with Crippen molar-refractivity contribution in [3.63, 3.8) is 0 Å². The SMILES string of the molecule is CCN(CC)c1ccc(C=C2C(=O)NC(=O)N(Cc3ccco3)C2=O)c(OC)c1. The third-order valence-corrected chi connectivity index (χ3v) is 4.73. The Labute approximate surface area is 168 Å². The second-order valence-corrected chi connectivity index (χ2v) is 6.39. The molecule has 0 unspecified atom stereocenters. The lowest BCUT2D eigenvalue weighted by molar-refractivity contribution is -0.130. The minimum atomic E-state index is -0.780. The number of carbonyl (C=O) groups excluding carboxylic acids is 3. The Morgan fingerprint density at radius 2 is 1.93 bits per heavy atom. The summed E-state index contributed by atoms with van der Waals surface area (Å²) in [6.07, 6.45) is 2.88. The highest BCUT2D eigenvalue weighted by Gasteiger charge is 2.36. The van der Waals surface area contributed by atoms with Crippen molar-refractivity contribution >= 4 is 29.6 Å². The van der Waals surface area contributed by atoms with Crippen LogP contribution in [0, 0.1) is 0 Å². The van der Waals surface area contributed by atoms with Crippen LogP contribution in [0.3, 0.4) is 0 Å². The number of hydrogen-bond donors (Lipinski definition) is 1. The quantitative estimate of drug-likeness (QED) is 0.571. The summed E-state index contributed by atoms with van der Waals surface area (Å²) in [6.45, 7) is 5.72. The van der Waals surface area contributed by atoms with Gasteiger partial charge in [-0.25, -0.2) is 4.79 Å². The Kier molecular flexibility index (Phi) is 6.01. The van der Waals surface area contributed by atoms with E-state index in [0.29, 0.717) is 17.1 Å². The summed E-state index contributed by atoms with van der Waals surface area (Å²) >= 11 is 0. The molecular formula is C21H23N3O5. The Morgan fingerprint density at radius 1 is 1.17 bits per heavy atom. The molecule has 152 valence electrons. The lowest BCUT2D eigenvalue weighted by Crippen LogP contribution is -2.53. The van der Waals surface area contributed by atoms with Gasteiger partial charge in [0.05, 0.1) is 19.9 Å². The maximum Gasteiger partial charge on any atom is 0.331 e. The number of anilines is 1. The Morgan fingerprint density at radius 3 is 2.55 bits per heavy atom. The fourth-order valence-electron chi connectivity index (χ4n) is 3.16. The number of furan rings is 1. The van der Waals surface area contributed by atoms with Crippen LogP contribution in [0.1, 0.15) is 25.2 Å². The smallest absolute Gasteiger partial charge is 0.331 e. The Hall–Kier alpha value is -3.55. The number of urea groups is 1. The van der Waals surface area contributed by atoms with Crippen LogP contribution in [0.5, 0.6) is 5.75 Å². The second kappa shape index (κ2) is 8.64. The monoisotopic (exact) mass is 397 g/mol. The van der Waals surface area contributed by atoms with E-state index in [-0.39, 0.29) is 12.1 Å². The highest BCUT2D eigenvalue weighted by Crippen LogP contribution is 2.28. The van der Waals surface area contributed by atoms with Gasteiger partial charge in [0.15, 0.2) is 0 Å². The molecule has 0 bridgehead atoms. The molecule has 3 rings (SSSR count). The van der Waals surface area contributed by atoms with Crippen molar-refractivity contribution in [2.24, 2.45) is 0 Å². The summed E-state index contributed by atoms with van der Waals surface area (Å²) in [6, 6.07) is 8.07. The topological polar surface area (TPSA) is 92.1 Å². The first-order chi connectivity index (χ1) is 14.0. The van der Waals surface area contributed by atoms with Crippen molar-refractivity contribution in [3.05, 3.63) is 53.5 Å². The van der Waals surface area contributed by atoms with Gasteiger partial charge in [-0.1, -0.05) is 0 Å². The van der Waals surface area contributed by atoms with Gasteiger partial charge in [0.25, 0.3) is 11.8 Å². The molecule has 0 spiro atoms. The van der Waals surface area contributed by atoms with Crippen molar-refractivity contribution in [2.75, 3.05) is 25.1 Å². The molecule has 0 atom stereocenters. The number of methoxy groups -OCH3 is 1. The molecule has 0 aliphatic carbocycles. The molecule has 1 saturated heterocycles. The zero-order valence-corrected chi connectivity index (χ0v) is 16.6. The molecular weight excluding hydrogens is 374 g/mol. The number of ether oxygens (including phenoxy) is 1. The van der Waals surface area contributed by atoms with Gasteiger partial charge in [0.2, 0.25) is 0 Å². The number of imide groups is 2. The molecule has 1 N–H and O–H groups in total. The first-order valence-corrected chi connectivity index (χ1v) is 9.32. The van der Waals surface area contributed by atoms with E-state index >= 15 is 0 Å². The van der Waals surface area contributed by atoms with Gasteiger partial charge < -0.3 is 14.1 Å². The molecule has 2 aromatic rings. The summed E-state index contributed by atoms with van der Waals surface area (Å²) in [7, 11) is 1.53. The highest BCUT2D eigenvalue weighted by atomic mass is 16.5. The number of rotatable bonds is 7. The molecule has 0 radical (unpaired) electrons. The predicted molar refractivity (Wildman–Crippen MR) is 107 cm³/mol. The minimum absolute atomic E-state index is 0.0691. The third kappa shape index (κ3) is 4.16. The van der Waals surface area contributed by atoms with Crippen LogP contribution in [-0.2, 0) is 16.1 Å². The number of carbonyl (C=O) groups is 3. The van der Waals surface area contributed by atoms with Gasteiger partial charge >= 0.3 is 6.03 Å². The molecule has 1 aromatic heterocycles. The summed E-state index contributed by atoms with van der Waals surface area (Å²) in [5, 5.41) is 2.20. The van der Waals surface area contributed by atoms with Crippen LogP contribution in [0.25, 0.3) is 6.08 Å². The van der Waals surface area contributed by atoms with Crippen molar-refractivity contribution in [3.8, 4) is 5.75 Å². The first-order valence-electron chi connectivity index (χ1n) is 9.32. The van der Waals surface area contributed by atoms with Crippen LogP contribution < -0.4 is 15.0 Å². The zero-order valence-electron chi connectivity index (χ0n) is 16.6. The van der Waals surface area contributed by atoms with Crippen LogP contribution in [0.4, 0.5) is 10.5 Å². The van der Waals surface area contributed by atoms with E-state index in [2.05, 4.69) is 24.1 Å². The molecule has 2 heterocycles. The van der Waals surface area contributed by atoms with Gasteiger partial charge in [-0.05, 0) is 44.2 Å². The minimum Gasteiger partial charge on any atom is -0.496 e. The first kappa shape index (κ1) is 20.2. The molecule has 1 aliphatic rings. The summed E-state index contributed by atoms with van der Waals surface area (Å²) in [5.74, 6) is -0.476. The van der Waals surface area contributed by atoms with E-state index in [9.17, 15) is 14.4 Å². The number of amides is 4. The molecule has 4 amide bonds. The van der Waals surface area contributed by atoms with Crippen LogP contribution in [0.2, 0.25) is 0 Å². The van der Waals surface area contributed by atoms with E-state index in [0.717, 1.165) is 23.7 Å². The van der Waals surface area contributed by atoms with Crippen LogP contribution >= 0.6 is 0 Å². The molecule has 1 aromatic carbocycles. The summed E-state index contributed by atoms with van der Waals surface area (Å²) < 4.78 is 10.7. The summed E-state index contributed by atoms with van der Waals surface area (Å²) in [4.78, 5) is 40.4. The molecule has 0 saturated carbocycles. The number of benzene rings is 1. The molecule has 29 heavy (non-hydrogen) atoms. The number of nitrogens with one attached hydrogen (secondary N) is 1. The molecule has 8 nitrogen and oxygen atoms in total. The van der Waals surface area contributed by atoms with Crippen LogP contribution in [0.15, 0.2) is 46.6 Å². The van der Waals surface area contributed by atoms with Gasteiger partial charge in [-0.2, -0.15) is 0 Å². The average molecular weight is 397 g/mol. The molecule has 8 heteroatoms. The maximum atomic E-state index is 12.8.